The Labute approximate surface area is 106 Å². The molecular formula is C14H18BrN. The van der Waals surface area contributed by atoms with E-state index in [1.54, 1.807) is 5.57 Å². The highest BCUT2D eigenvalue weighted by molar-refractivity contribution is 9.10. The molecule has 0 aromatic heterocycles. The minimum absolute atomic E-state index is 0.387. The van der Waals surface area contributed by atoms with Crippen molar-refractivity contribution in [2.75, 3.05) is 7.05 Å². The smallest absolute Gasteiger partial charge is 0.0534 e. The lowest BCUT2D eigenvalue weighted by Crippen LogP contribution is -2.19. The minimum atomic E-state index is 0.387. The predicted molar refractivity (Wildman–Crippen MR) is 72.5 cm³/mol. The molecule has 1 unspecified atom stereocenters. The SMILES string of the molecule is CNC(C1=CCCCC1)c1cccc(Br)c1. The molecule has 0 saturated carbocycles. The van der Waals surface area contributed by atoms with E-state index in [1.165, 1.54) is 31.2 Å². The zero-order chi connectivity index (χ0) is 11.4. The van der Waals surface area contributed by atoms with Gasteiger partial charge in [0, 0.05) is 4.47 Å². The van der Waals surface area contributed by atoms with Crippen LogP contribution < -0.4 is 5.32 Å². The lowest BCUT2D eigenvalue weighted by molar-refractivity contribution is 0.593. The number of benzene rings is 1. The standard InChI is InChI=1S/C14H18BrN/c1-16-14(11-6-3-2-4-7-11)12-8-5-9-13(15)10-12/h5-6,8-10,14,16H,2-4,7H2,1H3. The van der Waals surface area contributed by atoms with E-state index in [4.69, 9.17) is 0 Å². The molecule has 86 valence electrons. The van der Waals surface area contributed by atoms with Crippen LogP contribution in [0.25, 0.3) is 0 Å². The Bertz CT molecular complexity index is 384. The first-order valence-corrected chi connectivity index (χ1v) is 6.72. The van der Waals surface area contributed by atoms with Crippen molar-refractivity contribution in [3.05, 3.63) is 46.0 Å². The van der Waals surface area contributed by atoms with Gasteiger partial charge in [-0.25, -0.2) is 0 Å². The van der Waals surface area contributed by atoms with Crippen LogP contribution >= 0.6 is 15.9 Å². The third-order valence-corrected chi connectivity index (χ3v) is 3.66. The summed E-state index contributed by atoms with van der Waals surface area (Å²) in [7, 11) is 2.04. The van der Waals surface area contributed by atoms with Gasteiger partial charge in [0.2, 0.25) is 0 Å². The van der Waals surface area contributed by atoms with Crippen LogP contribution in [0.15, 0.2) is 40.4 Å². The van der Waals surface area contributed by atoms with Crippen molar-refractivity contribution >= 4 is 15.9 Å². The molecule has 1 aliphatic carbocycles. The maximum absolute atomic E-state index is 3.54. The highest BCUT2D eigenvalue weighted by Crippen LogP contribution is 2.30. The van der Waals surface area contributed by atoms with Crippen LogP contribution in [-0.4, -0.2) is 7.05 Å². The molecule has 2 rings (SSSR count). The van der Waals surface area contributed by atoms with Crippen molar-refractivity contribution in [1.82, 2.24) is 5.32 Å². The summed E-state index contributed by atoms with van der Waals surface area (Å²) < 4.78 is 1.15. The van der Waals surface area contributed by atoms with E-state index in [0.29, 0.717) is 6.04 Å². The second kappa shape index (κ2) is 5.65. The molecule has 0 fully saturated rings. The quantitative estimate of drug-likeness (QED) is 0.818. The molecule has 0 aliphatic heterocycles. The summed E-state index contributed by atoms with van der Waals surface area (Å²) >= 11 is 3.54. The van der Waals surface area contributed by atoms with Gasteiger partial charge in [0.05, 0.1) is 6.04 Å². The predicted octanol–water partition coefficient (Wildman–Crippen LogP) is 4.21. The molecule has 0 heterocycles. The molecule has 1 N–H and O–H groups in total. The monoisotopic (exact) mass is 279 g/mol. The Morgan fingerprint density at radius 2 is 2.19 bits per heavy atom. The van der Waals surface area contributed by atoms with E-state index in [0.717, 1.165) is 4.47 Å². The Morgan fingerprint density at radius 3 is 2.81 bits per heavy atom. The summed E-state index contributed by atoms with van der Waals surface area (Å²) in [6.45, 7) is 0. The van der Waals surface area contributed by atoms with Gasteiger partial charge in [0.25, 0.3) is 0 Å². The second-order valence-corrected chi connectivity index (χ2v) is 5.22. The van der Waals surface area contributed by atoms with Crippen molar-refractivity contribution in [2.45, 2.75) is 31.7 Å². The number of hydrogen-bond donors (Lipinski definition) is 1. The summed E-state index contributed by atoms with van der Waals surface area (Å²) in [5.74, 6) is 0. The van der Waals surface area contributed by atoms with E-state index >= 15 is 0 Å². The Balaban J connectivity index is 2.25. The largest absolute Gasteiger partial charge is 0.310 e. The number of halogens is 1. The molecule has 0 saturated heterocycles. The van der Waals surface area contributed by atoms with E-state index in [9.17, 15) is 0 Å². The van der Waals surface area contributed by atoms with E-state index in [2.05, 4.69) is 51.6 Å². The first-order valence-electron chi connectivity index (χ1n) is 5.93. The molecule has 0 spiro atoms. The molecule has 1 atom stereocenters. The maximum Gasteiger partial charge on any atom is 0.0534 e. The van der Waals surface area contributed by atoms with Crippen LogP contribution in [0.4, 0.5) is 0 Å². The van der Waals surface area contributed by atoms with Gasteiger partial charge in [-0.2, -0.15) is 0 Å². The van der Waals surface area contributed by atoms with E-state index in [1.807, 2.05) is 7.05 Å². The van der Waals surface area contributed by atoms with Gasteiger partial charge in [0.15, 0.2) is 0 Å². The van der Waals surface area contributed by atoms with Crippen LogP contribution in [0.5, 0.6) is 0 Å². The zero-order valence-electron chi connectivity index (χ0n) is 9.67. The fraction of sp³-hybridized carbons (Fsp3) is 0.429. The minimum Gasteiger partial charge on any atom is -0.310 e. The lowest BCUT2D eigenvalue weighted by Gasteiger charge is -2.23. The molecule has 1 aromatic rings. The summed E-state index contributed by atoms with van der Waals surface area (Å²) in [5, 5.41) is 3.43. The molecule has 16 heavy (non-hydrogen) atoms. The Kier molecular flexibility index (Phi) is 4.19. The van der Waals surface area contributed by atoms with Crippen molar-refractivity contribution < 1.29 is 0 Å². The highest BCUT2D eigenvalue weighted by atomic mass is 79.9. The van der Waals surface area contributed by atoms with Crippen LogP contribution in [-0.2, 0) is 0 Å². The van der Waals surface area contributed by atoms with Gasteiger partial charge in [-0.3, -0.25) is 0 Å². The number of rotatable bonds is 3. The first-order chi connectivity index (χ1) is 7.81. The van der Waals surface area contributed by atoms with Crippen molar-refractivity contribution in [3.8, 4) is 0 Å². The lowest BCUT2D eigenvalue weighted by atomic mass is 9.90. The molecular weight excluding hydrogens is 262 g/mol. The molecule has 1 aromatic carbocycles. The number of nitrogens with one attached hydrogen (secondary N) is 1. The third-order valence-electron chi connectivity index (χ3n) is 3.17. The van der Waals surface area contributed by atoms with Crippen molar-refractivity contribution in [3.63, 3.8) is 0 Å². The summed E-state index contributed by atoms with van der Waals surface area (Å²) in [6, 6.07) is 8.97. The van der Waals surface area contributed by atoms with Crippen LogP contribution in [0.1, 0.15) is 37.3 Å². The molecule has 0 bridgehead atoms. The van der Waals surface area contributed by atoms with Gasteiger partial charge < -0.3 is 5.32 Å². The molecule has 0 radical (unpaired) electrons. The van der Waals surface area contributed by atoms with Crippen LogP contribution in [0.3, 0.4) is 0 Å². The number of hydrogen-bond acceptors (Lipinski definition) is 1. The van der Waals surface area contributed by atoms with Gasteiger partial charge in [0.1, 0.15) is 0 Å². The second-order valence-electron chi connectivity index (χ2n) is 4.30. The van der Waals surface area contributed by atoms with Gasteiger partial charge in [-0.05, 0) is 50.4 Å². The van der Waals surface area contributed by atoms with Crippen LogP contribution in [0.2, 0.25) is 0 Å². The fourth-order valence-corrected chi connectivity index (χ4v) is 2.79. The summed E-state index contributed by atoms with van der Waals surface area (Å²) in [5.41, 5.74) is 2.90. The summed E-state index contributed by atoms with van der Waals surface area (Å²) in [4.78, 5) is 0. The van der Waals surface area contributed by atoms with Gasteiger partial charge in [-0.1, -0.05) is 39.7 Å². The molecule has 1 nitrogen and oxygen atoms in total. The number of likely N-dealkylation sites (N-methyl/N-ethyl adjacent to an activating group) is 1. The first kappa shape index (κ1) is 11.9. The third kappa shape index (κ3) is 2.74. The van der Waals surface area contributed by atoms with Gasteiger partial charge >= 0.3 is 0 Å². The van der Waals surface area contributed by atoms with E-state index in [-0.39, 0.29) is 0 Å². The summed E-state index contributed by atoms with van der Waals surface area (Å²) in [6.07, 6.45) is 7.56. The zero-order valence-corrected chi connectivity index (χ0v) is 11.3. The number of allylic oxidation sites excluding steroid dienone is 1. The normalized spacial score (nSPS) is 18.0. The van der Waals surface area contributed by atoms with Gasteiger partial charge in [-0.15, -0.1) is 0 Å². The molecule has 2 heteroatoms. The Morgan fingerprint density at radius 1 is 1.31 bits per heavy atom. The maximum atomic E-state index is 3.54. The van der Waals surface area contributed by atoms with E-state index < -0.39 is 0 Å². The fourth-order valence-electron chi connectivity index (χ4n) is 2.38. The molecule has 0 amide bonds. The highest BCUT2D eigenvalue weighted by Gasteiger charge is 2.16. The van der Waals surface area contributed by atoms with Crippen molar-refractivity contribution in [2.24, 2.45) is 0 Å². The van der Waals surface area contributed by atoms with Crippen LogP contribution in [0, 0.1) is 0 Å². The topological polar surface area (TPSA) is 12.0 Å². The molecule has 1 aliphatic rings. The average Bonchev–Trinajstić information content (AvgIpc) is 2.31. The average molecular weight is 280 g/mol. The Hall–Kier alpha value is -0.600. The van der Waals surface area contributed by atoms with Crippen molar-refractivity contribution in [1.29, 1.82) is 0 Å².